The van der Waals surface area contributed by atoms with Crippen LogP contribution in [-0.4, -0.2) is 21.0 Å². The van der Waals surface area contributed by atoms with Gasteiger partial charge < -0.3 is 13.9 Å². The zero-order chi connectivity index (χ0) is 29.7. The zero-order valence-electron chi connectivity index (χ0n) is 24.2. The van der Waals surface area contributed by atoms with E-state index in [1.54, 1.807) is 12.1 Å². The van der Waals surface area contributed by atoms with E-state index in [4.69, 9.17) is 25.5 Å². The lowest BCUT2D eigenvalue weighted by Gasteiger charge is -2.43. The van der Waals surface area contributed by atoms with E-state index in [9.17, 15) is 8.78 Å². The van der Waals surface area contributed by atoms with Crippen LogP contribution in [0.15, 0.2) is 103 Å². The Labute approximate surface area is 253 Å². The molecule has 1 fully saturated rings. The fraction of sp³-hybridized carbons (Fsp3) is 0.314. The molecule has 0 radical (unpaired) electrons. The van der Waals surface area contributed by atoms with Crippen molar-refractivity contribution < 1.29 is 22.7 Å². The second-order valence-electron chi connectivity index (χ2n) is 11.8. The van der Waals surface area contributed by atoms with Crippen LogP contribution in [0.1, 0.15) is 62.1 Å². The van der Waals surface area contributed by atoms with Gasteiger partial charge in [0.15, 0.2) is 11.5 Å². The summed E-state index contributed by atoms with van der Waals surface area (Å²) < 4.78 is 43.7. The first-order valence-corrected chi connectivity index (χ1v) is 16.7. The standard InChI is InChI=1S/C35H37ClF2O3Si/c1-35(2,3)42(29-13-6-4-7-14-29,30-15-8-5-9-16-30)39-24-25-17-19-26(20-18-25)33(36)27-21-22-31(41-34(37)38)32(23-27)40-28-11-10-12-28/h4-9,13-23,28,33-34H,10-12,24H2,1-3H3. The number of alkyl halides is 3. The number of benzene rings is 4. The maximum atomic E-state index is 13.0. The number of rotatable bonds is 11. The summed E-state index contributed by atoms with van der Waals surface area (Å²) in [7, 11) is -2.66. The molecule has 220 valence electrons. The molecule has 7 heteroatoms. The molecule has 1 atom stereocenters. The largest absolute Gasteiger partial charge is 0.487 e. The van der Waals surface area contributed by atoms with Crippen LogP contribution in [0.25, 0.3) is 0 Å². The minimum absolute atomic E-state index is 0.0175. The molecule has 42 heavy (non-hydrogen) atoms. The Morgan fingerprint density at radius 3 is 1.86 bits per heavy atom. The van der Waals surface area contributed by atoms with Crippen molar-refractivity contribution in [1.82, 2.24) is 0 Å². The monoisotopic (exact) mass is 606 g/mol. The van der Waals surface area contributed by atoms with Gasteiger partial charge in [0, 0.05) is 0 Å². The normalized spacial score (nSPS) is 14.8. The van der Waals surface area contributed by atoms with Gasteiger partial charge in [-0.3, -0.25) is 0 Å². The molecule has 4 aromatic rings. The van der Waals surface area contributed by atoms with Crippen LogP contribution in [0.4, 0.5) is 8.78 Å². The topological polar surface area (TPSA) is 27.7 Å². The Hall–Kier alpha value is -3.19. The van der Waals surface area contributed by atoms with Crippen LogP contribution in [0.3, 0.4) is 0 Å². The molecule has 0 aromatic heterocycles. The summed E-state index contributed by atoms with van der Waals surface area (Å²) in [6.45, 7) is 4.33. The molecule has 0 heterocycles. The van der Waals surface area contributed by atoms with E-state index in [0.717, 1.165) is 36.0 Å². The molecule has 1 unspecified atom stereocenters. The van der Waals surface area contributed by atoms with Gasteiger partial charge in [-0.15, -0.1) is 11.6 Å². The molecule has 5 rings (SSSR count). The van der Waals surface area contributed by atoms with Gasteiger partial charge in [0.25, 0.3) is 8.32 Å². The van der Waals surface area contributed by atoms with E-state index in [2.05, 4.69) is 69.3 Å². The molecule has 4 aromatic carbocycles. The highest BCUT2D eigenvalue weighted by Crippen LogP contribution is 2.40. The van der Waals surface area contributed by atoms with Crippen LogP contribution in [0.5, 0.6) is 11.5 Å². The highest BCUT2D eigenvalue weighted by molar-refractivity contribution is 6.99. The van der Waals surface area contributed by atoms with Gasteiger partial charge in [-0.1, -0.05) is 112 Å². The van der Waals surface area contributed by atoms with Crippen molar-refractivity contribution >= 4 is 30.3 Å². The number of hydrogen-bond acceptors (Lipinski definition) is 3. The van der Waals surface area contributed by atoms with Gasteiger partial charge in [-0.05, 0) is 63.5 Å². The van der Waals surface area contributed by atoms with Crippen molar-refractivity contribution in [1.29, 1.82) is 0 Å². The summed E-state index contributed by atoms with van der Waals surface area (Å²) in [5.41, 5.74) is 2.69. The van der Waals surface area contributed by atoms with Crippen molar-refractivity contribution in [2.45, 2.75) is 69.8 Å². The molecular formula is C35H37ClF2O3Si. The molecule has 0 N–H and O–H groups in total. The quantitative estimate of drug-likeness (QED) is 0.126. The van der Waals surface area contributed by atoms with Gasteiger partial charge in [0.1, 0.15) is 0 Å². The summed E-state index contributed by atoms with van der Waals surface area (Å²) in [5.74, 6) is 0.332. The van der Waals surface area contributed by atoms with Crippen molar-refractivity contribution in [2.24, 2.45) is 0 Å². The maximum absolute atomic E-state index is 13.0. The SMILES string of the molecule is CC(C)(C)[Si](OCc1ccc(C(Cl)c2ccc(OC(F)F)c(OC3CCC3)c2)cc1)(c1ccccc1)c1ccccc1. The van der Waals surface area contributed by atoms with Crippen molar-refractivity contribution in [3.05, 3.63) is 120 Å². The van der Waals surface area contributed by atoms with Crippen LogP contribution in [0.2, 0.25) is 5.04 Å². The van der Waals surface area contributed by atoms with Gasteiger partial charge in [0.05, 0.1) is 18.1 Å². The van der Waals surface area contributed by atoms with Gasteiger partial charge >= 0.3 is 6.61 Å². The summed E-state index contributed by atoms with van der Waals surface area (Å²) >= 11 is 6.90. The second-order valence-corrected chi connectivity index (χ2v) is 16.6. The minimum atomic E-state index is -2.93. The fourth-order valence-corrected chi connectivity index (χ4v) is 10.4. The first-order chi connectivity index (χ1) is 20.2. The molecule has 0 aliphatic heterocycles. The first-order valence-electron chi connectivity index (χ1n) is 14.4. The van der Waals surface area contributed by atoms with E-state index in [1.807, 2.05) is 36.4 Å². The van der Waals surface area contributed by atoms with Crippen LogP contribution >= 0.6 is 11.6 Å². The Morgan fingerprint density at radius 2 is 1.36 bits per heavy atom. The zero-order valence-corrected chi connectivity index (χ0v) is 26.0. The lowest BCUT2D eigenvalue weighted by Crippen LogP contribution is -2.66. The van der Waals surface area contributed by atoms with Crippen molar-refractivity contribution in [3.8, 4) is 11.5 Å². The van der Waals surface area contributed by atoms with E-state index < -0.39 is 20.3 Å². The molecule has 1 aliphatic carbocycles. The third kappa shape index (κ3) is 6.56. The van der Waals surface area contributed by atoms with E-state index in [0.29, 0.717) is 12.4 Å². The lowest BCUT2D eigenvalue weighted by molar-refractivity contribution is -0.0527. The summed E-state index contributed by atoms with van der Waals surface area (Å²) in [5, 5.41) is 1.87. The molecule has 0 amide bonds. The third-order valence-corrected chi connectivity index (χ3v) is 13.5. The van der Waals surface area contributed by atoms with Crippen molar-refractivity contribution in [2.75, 3.05) is 0 Å². The van der Waals surface area contributed by atoms with Gasteiger partial charge in [-0.25, -0.2) is 0 Å². The molecule has 1 saturated carbocycles. The Balaban J connectivity index is 1.37. The molecule has 0 spiro atoms. The highest BCUT2D eigenvalue weighted by Gasteiger charge is 2.50. The predicted octanol–water partition coefficient (Wildman–Crippen LogP) is 8.62. The van der Waals surface area contributed by atoms with Crippen LogP contribution < -0.4 is 19.8 Å². The smallest absolute Gasteiger partial charge is 0.387 e. The Morgan fingerprint density at radius 1 is 0.786 bits per heavy atom. The Kier molecular flexibility index (Phi) is 9.36. The number of hydrogen-bond donors (Lipinski definition) is 0. The average molecular weight is 607 g/mol. The maximum Gasteiger partial charge on any atom is 0.387 e. The van der Waals surface area contributed by atoms with Crippen LogP contribution in [-0.2, 0) is 11.0 Å². The summed E-state index contributed by atoms with van der Waals surface area (Å²) in [6, 6.07) is 34.2. The third-order valence-electron chi connectivity index (χ3n) is 7.97. The number of halogens is 3. The minimum Gasteiger partial charge on any atom is -0.487 e. The summed E-state index contributed by atoms with van der Waals surface area (Å²) in [6.07, 6.45) is 2.89. The average Bonchev–Trinajstić information content (AvgIpc) is 2.96. The lowest BCUT2D eigenvalue weighted by atomic mass is 9.96. The van der Waals surface area contributed by atoms with Crippen molar-refractivity contribution in [3.63, 3.8) is 0 Å². The second kappa shape index (κ2) is 13.0. The first kappa shape index (κ1) is 30.3. The molecule has 1 aliphatic rings. The van der Waals surface area contributed by atoms with E-state index >= 15 is 0 Å². The molecule has 0 bridgehead atoms. The molecular weight excluding hydrogens is 570 g/mol. The number of ether oxygens (including phenoxy) is 2. The molecule has 3 nitrogen and oxygen atoms in total. The predicted molar refractivity (Wildman–Crippen MR) is 168 cm³/mol. The van der Waals surface area contributed by atoms with Gasteiger partial charge in [0.2, 0.25) is 0 Å². The Bertz CT molecular complexity index is 1400. The van der Waals surface area contributed by atoms with E-state index in [1.165, 1.54) is 16.4 Å². The van der Waals surface area contributed by atoms with Gasteiger partial charge in [-0.2, -0.15) is 8.78 Å². The summed E-state index contributed by atoms with van der Waals surface area (Å²) in [4.78, 5) is 0. The fourth-order valence-electron chi connectivity index (χ4n) is 5.56. The van der Waals surface area contributed by atoms with E-state index in [-0.39, 0.29) is 16.9 Å². The molecule has 0 saturated heterocycles. The highest BCUT2D eigenvalue weighted by atomic mass is 35.5. The van der Waals surface area contributed by atoms with Crippen LogP contribution in [0, 0.1) is 0 Å².